The molecule has 0 aliphatic heterocycles. The fourth-order valence-electron chi connectivity index (χ4n) is 3.76. The molecule has 0 saturated heterocycles. The van der Waals surface area contributed by atoms with Gasteiger partial charge in [-0.05, 0) is 42.6 Å². The highest BCUT2D eigenvalue weighted by Crippen LogP contribution is 2.37. The van der Waals surface area contributed by atoms with Crippen LogP contribution >= 0.6 is 11.8 Å². The summed E-state index contributed by atoms with van der Waals surface area (Å²) in [5, 5.41) is 11.9. The lowest BCUT2D eigenvalue weighted by Gasteiger charge is -2.29. The van der Waals surface area contributed by atoms with Gasteiger partial charge in [-0.3, -0.25) is 9.89 Å². The third-order valence-corrected chi connectivity index (χ3v) is 5.90. The molecule has 2 N–H and O–H groups in total. The molecule has 6 nitrogen and oxygen atoms in total. The summed E-state index contributed by atoms with van der Waals surface area (Å²) in [7, 11) is 0. The van der Waals surface area contributed by atoms with Gasteiger partial charge in [-0.1, -0.05) is 43.8 Å². The van der Waals surface area contributed by atoms with Gasteiger partial charge in [-0.2, -0.15) is 5.10 Å². The van der Waals surface area contributed by atoms with Crippen molar-refractivity contribution in [3.63, 3.8) is 0 Å². The first-order valence-electron chi connectivity index (χ1n) is 9.75. The lowest BCUT2D eigenvalue weighted by atomic mass is 9.76. The number of aldehydes is 1. The maximum absolute atomic E-state index is 11.0. The molecule has 0 bridgehead atoms. The highest BCUT2D eigenvalue weighted by molar-refractivity contribution is 7.98. The molecule has 0 atom stereocenters. The summed E-state index contributed by atoms with van der Waals surface area (Å²) in [6.45, 7) is 5.18. The molecule has 0 radical (unpaired) electrons. The van der Waals surface area contributed by atoms with Gasteiger partial charge in [-0.25, -0.2) is 9.97 Å². The van der Waals surface area contributed by atoms with Crippen LogP contribution in [0.2, 0.25) is 0 Å². The molecule has 0 saturated carbocycles. The van der Waals surface area contributed by atoms with Crippen LogP contribution in [0.4, 0.5) is 5.82 Å². The van der Waals surface area contributed by atoms with Crippen LogP contribution in [0.25, 0.3) is 11.4 Å². The normalized spacial score (nSPS) is 15.0. The Morgan fingerprint density at radius 1 is 1.28 bits per heavy atom. The van der Waals surface area contributed by atoms with Gasteiger partial charge < -0.3 is 5.32 Å². The lowest BCUT2D eigenvalue weighted by Crippen LogP contribution is -2.22. The van der Waals surface area contributed by atoms with E-state index in [9.17, 15) is 4.79 Å². The summed E-state index contributed by atoms with van der Waals surface area (Å²) in [4.78, 5) is 20.3. The van der Waals surface area contributed by atoms with E-state index in [2.05, 4.69) is 34.3 Å². The number of nitrogens with zero attached hydrogens (tertiary/aromatic N) is 3. The van der Waals surface area contributed by atoms with Gasteiger partial charge in [-0.15, -0.1) is 0 Å². The molecule has 0 spiro atoms. The fourth-order valence-corrected chi connectivity index (χ4v) is 4.14. The van der Waals surface area contributed by atoms with E-state index in [1.165, 1.54) is 23.0 Å². The summed E-state index contributed by atoms with van der Waals surface area (Å²) in [5.74, 6) is 0.753. The SMILES string of the molecule is CSc1nc(NCc2cccc(C=O)c2)cc(-c2n[nH]c3c2CCC(C)(C)C3)n1. The molecule has 1 aromatic carbocycles. The molecule has 0 unspecified atom stereocenters. The predicted molar refractivity (Wildman–Crippen MR) is 116 cm³/mol. The largest absolute Gasteiger partial charge is 0.366 e. The molecule has 1 aliphatic rings. The minimum Gasteiger partial charge on any atom is -0.366 e. The van der Waals surface area contributed by atoms with E-state index in [-0.39, 0.29) is 0 Å². The number of aromatic amines is 1. The molecule has 150 valence electrons. The first-order chi connectivity index (χ1) is 14.0. The van der Waals surface area contributed by atoms with Crippen molar-refractivity contribution >= 4 is 23.9 Å². The molecule has 29 heavy (non-hydrogen) atoms. The monoisotopic (exact) mass is 407 g/mol. The Hall–Kier alpha value is -2.67. The second-order valence-electron chi connectivity index (χ2n) is 8.21. The summed E-state index contributed by atoms with van der Waals surface area (Å²) < 4.78 is 0. The van der Waals surface area contributed by atoms with Gasteiger partial charge >= 0.3 is 0 Å². The van der Waals surface area contributed by atoms with Crippen molar-refractivity contribution in [2.45, 2.75) is 44.8 Å². The Labute approximate surface area is 174 Å². The van der Waals surface area contributed by atoms with E-state index in [1.807, 2.05) is 30.5 Å². The Bertz CT molecular complexity index is 1040. The Morgan fingerprint density at radius 2 is 2.14 bits per heavy atom. The molecule has 4 rings (SSSR count). The van der Waals surface area contributed by atoms with Gasteiger partial charge in [0.05, 0.1) is 5.69 Å². The third-order valence-electron chi connectivity index (χ3n) is 5.35. The van der Waals surface area contributed by atoms with E-state index in [4.69, 9.17) is 4.98 Å². The molecular formula is C22H25N5OS. The number of nitrogens with one attached hydrogen (secondary N) is 2. The van der Waals surface area contributed by atoms with Crippen LogP contribution in [0, 0.1) is 5.41 Å². The Balaban J connectivity index is 1.61. The van der Waals surface area contributed by atoms with Gasteiger partial charge in [0.1, 0.15) is 17.8 Å². The number of fused-ring (bicyclic) bond motifs is 1. The molecular weight excluding hydrogens is 382 g/mol. The number of anilines is 1. The topological polar surface area (TPSA) is 83.6 Å². The zero-order valence-corrected chi connectivity index (χ0v) is 17.8. The van der Waals surface area contributed by atoms with Crippen LogP contribution in [-0.2, 0) is 19.4 Å². The average molecular weight is 408 g/mol. The van der Waals surface area contributed by atoms with Gasteiger partial charge in [0.2, 0.25) is 0 Å². The van der Waals surface area contributed by atoms with E-state index in [1.54, 1.807) is 6.07 Å². The number of hydrogen-bond donors (Lipinski definition) is 2. The second kappa shape index (κ2) is 7.99. The van der Waals surface area contributed by atoms with Crippen molar-refractivity contribution in [1.29, 1.82) is 0 Å². The summed E-state index contributed by atoms with van der Waals surface area (Å²) in [5.41, 5.74) is 6.27. The van der Waals surface area contributed by atoms with E-state index in [0.29, 0.717) is 22.7 Å². The minimum atomic E-state index is 0.301. The van der Waals surface area contributed by atoms with Crippen LogP contribution in [0.3, 0.4) is 0 Å². The molecule has 3 aromatic rings. The maximum atomic E-state index is 11.0. The summed E-state index contributed by atoms with van der Waals surface area (Å²) in [6, 6.07) is 9.51. The van der Waals surface area contributed by atoms with Crippen LogP contribution in [0.1, 0.15) is 47.4 Å². The predicted octanol–water partition coefficient (Wildman–Crippen LogP) is 4.53. The molecule has 0 amide bonds. The highest BCUT2D eigenvalue weighted by atomic mass is 32.2. The van der Waals surface area contributed by atoms with Crippen molar-refractivity contribution in [2.24, 2.45) is 5.41 Å². The van der Waals surface area contributed by atoms with Crippen molar-refractivity contribution in [3.8, 4) is 11.4 Å². The van der Waals surface area contributed by atoms with E-state index < -0.39 is 0 Å². The number of thioether (sulfide) groups is 1. The fraction of sp³-hybridized carbons (Fsp3) is 0.364. The Kier molecular flexibility index (Phi) is 5.41. The molecule has 7 heteroatoms. The first kappa shape index (κ1) is 19.6. The number of rotatable bonds is 6. The van der Waals surface area contributed by atoms with Crippen molar-refractivity contribution in [3.05, 3.63) is 52.7 Å². The lowest BCUT2D eigenvalue weighted by molar-refractivity contribution is 0.112. The molecule has 1 aliphatic carbocycles. The van der Waals surface area contributed by atoms with Gasteiger partial charge in [0, 0.05) is 29.4 Å². The van der Waals surface area contributed by atoms with Crippen LogP contribution in [0.5, 0.6) is 0 Å². The van der Waals surface area contributed by atoms with Crippen molar-refractivity contribution in [1.82, 2.24) is 20.2 Å². The molecule has 2 aromatic heterocycles. The summed E-state index contributed by atoms with van der Waals surface area (Å²) >= 11 is 1.51. The zero-order chi connectivity index (χ0) is 20.4. The van der Waals surface area contributed by atoms with Gasteiger partial charge in [0.15, 0.2) is 5.16 Å². The molecule has 2 heterocycles. The van der Waals surface area contributed by atoms with E-state index >= 15 is 0 Å². The quantitative estimate of drug-likeness (QED) is 0.355. The average Bonchev–Trinajstić information content (AvgIpc) is 3.14. The van der Waals surface area contributed by atoms with E-state index in [0.717, 1.165) is 48.3 Å². The first-order valence-corrected chi connectivity index (χ1v) is 11.0. The summed E-state index contributed by atoms with van der Waals surface area (Å²) in [6.07, 6.45) is 5.99. The number of carbonyl (C=O) groups is 1. The number of hydrogen-bond acceptors (Lipinski definition) is 6. The molecule has 0 fully saturated rings. The number of aromatic nitrogens is 4. The zero-order valence-electron chi connectivity index (χ0n) is 17.0. The number of carbonyl (C=O) groups excluding carboxylic acids is 1. The van der Waals surface area contributed by atoms with Crippen LogP contribution in [-0.4, -0.2) is 32.7 Å². The van der Waals surface area contributed by atoms with Crippen LogP contribution in [0.15, 0.2) is 35.5 Å². The van der Waals surface area contributed by atoms with Crippen LogP contribution < -0.4 is 5.32 Å². The smallest absolute Gasteiger partial charge is 0.189 e. The van der Waals surface area contributed by atoms with Crippen molar-refractivity contribution < 1.29 is 4.79 Å². The minimum absolute atomic E-state index is 0.301. The number of H-pyrrole nitrogens is 1. The third kappa shape index (κ3) is 4.34. The Morgan fingerprint density at radius 3 is 2.93 bits per heavy atom. The standard InChI is InChI=1S/C22H25N5OS/c1-22(2)8-7-16-18(11-22)26-27-20(16)17-10-19(25-21(24-17)29-3)23-12-14-5-4-6-15(9-14)13-28/h4-6,9-10,13H,7-8,11-12H2,1-3H3,(H,26,27)(H,23,24,25). The van der Waals surface area contributed by atoms with Crippen molar-refractivity contribution in [2.75, 3.05) is 11.6 Å². The number of benzene rings is 1. The highest BCUT2D eigenvalue weighted by Gasteiger charge is 2.29. The van der Waals surface area contributed by atoms with Gasteiger partial charge in [0.25, 0.3) is 0 Å². The maximum Gasteiger partial charge on any atom is 0.189 e. The second-order valence-corrected chi connectivity index (χ2v) is 8.99.